The van der Waals surface area contributed by atoms with Gasteiger partial charge in [-0.2, -0.15) is 0 Å². The highest BCUT2D eigenvalue weighted by Gasteiger charge is 2.53. The first-order chi connectivity index (χ1) is 13.6. The van der Waals surface area contributed by atoms with Crippen LogP contribution in [0.5, 0.6) is 11.5 Å². The number of rotatable bonds is 5. The molecular weight excluding hydrogens is 352 g/mol. The van der Waals surface area contributed by atoms with Crippen molar-refractivity contribution in [3.05, 3.63) is 53.3 Å². The highest BCUT2D eigenvalue weighted by molar-refractivity contribution is 5.44. The maximum Gasteiger partial charge on any atom is 0.127 e. The van der Waals surface area contributed by atoms with Crippen molar-refractivity contribution in [2.24, 2.45) is 11.8 Å². The summed E-state index contributed by atoms with van der Waals surface area (Å²) in [4.78, 5) is 7.06. The van der Waals surface area contributed by atoms with E-state index < -0.39 is 5.60 Å². The number of hydrogen-bond donors (Lipinski definition) is 1. The Hall–Kier alpha value is -2.11. The van der Waals surface area contributed by atoms with E-state index in [2.05, 4.69) is 22.9 Å². The third kappa shape index (κ3) is 3.16. The second-order valence-corrected chi connectivity index (χ2v) is 8.15. The van der Waals surface area contributed by atoms with Crippen LogP contribution in [0.15, 0.2) is 36.5 Å². The number of aryl methyl sites for hydroxylation is 1. The van der Waals surface area contributed by atoms with Gasteiger partial charge in [-0.3, -0.25) is 9.88 Å². The van der Waals surface area contributed by atoms with Crippen LogP contribution in [0.4, 0.5) is 0 Å². The minimum Gasteiger partial charge on any atom is -0.496 e. The van der Waals surface area contributed by atoms with Gasteiger partial charge in [-0.05, 0) is 43.5 Å². The Labute approximate surface area is 167 Å². The lowest BCUT2D eigenvalue weighted by Gasteiger charge is -2.53. The van der Waals surface area contributed by atoms with Crippen LogP contribution in [0.3, 0.4) is 0 Å². The summed E-state index contributed by atoms with van der Waals surface area (Å²) in [6.07, 6.45) is 5.04. The van der Waals surface area contributed by atoms with Gasteiger partial charge in [0.2, 0.25) is 0 Å². The first-order valence-electron chi connectivity index (χ1n) is 10.1. The molecule has 2 fully saturated rings. The molecule has 1 saturated carbocycles. The molecular formula is C23H30N2O3. The van der Waals surface area contributed by atoms with E-state index in [1.165, 1.54) is 6.42 Å². The van der Waals surface area contributed by atoms with E-state index in [0.29, 0.717) is 0 Å². The van der Waals surface area contributed by atoms with Gasteiger partial charge in [0.1, 0.15) is 17.1 Å². The summed E-state index contributed by atoms with van der Waals surface area (Å²) in [7, 11) is 3.40. The standard InChI is InChI=1S/C23H30N2O3/c1-16-7-6-12-24-22(16)23(26)17-8-4-9-18(23)14-25(13-17)15-19-20(27-2)10-5-11-21(19)28-3/h5-7,10-12,17-18,26H,4,8-9,13-15H2,1-3H3. The number of piperidine rings is 1. The second-order valence-electron chi connectivity index (χ2n) is 8.15. The molecule has 0 radical (unpaired) electrons. The van der Waals surface area contributed by atoms with E-state index >= 15 is 0 Å². The maximum absolute atomic E-state index is 11.8. The number of benzene rings is 1. The number of aromatic nitrogens is 1. The third-order valence-corrected chi connectivity index (χ3v) is 6.61. The molecule has 2 atom stereocenters. The van der Waals surface area contributed by atoms with Crippen LogP contribution in [-0.2, 0) is 12.1 Å². The second kappa shape index (κ2) is 7.72. The summed E-state index contributed by atoms with van der Waals surface area (Å²) in [5.74, 6) is 2.08. The normalized spacial score (nSPS) is 27.4. The fourth-order valence-electron chi connectivity index (χ4n) is 5.27. The highest BCUT2D eigenvalue weighted by atomic mass is 16.5. The molecule has 1 saturated heterocycles. The predicted octanol–water partition coefficient (Wildman–Crippen LogP) is 3.53. The number of likely N-dealkylation sites (tertiary alicyclic amines) is 1. The van der Waals surface area contributed by atoms with Crippen molar-refractivity contribution < 1.29 is 14.6 Å². The van der Waals surface area contributed by atoms with Gasteiger partial charge in [0.15, 0.2) is 0 Å². The van der Waals surface area contributed by atoms with E-state index in [1.54, 1.807) is 14.2 Å². The number of pyridine rings is 1. The lowest BCUT2D eigenvalue weighted by atomic mass is 9.63. The molecule has 2 unspecified atom stereocenters. The van der Waals surface area contributed by atoms with Gasteiger partial charge < -0.3 is 14.6 Å². The van der Waals surface area contributed by atoms with Gasteiger partial charge >= 0.3 is 0 Å². The first kappa shape index (κ1) is 19.2. The molecule has 1 aliphatic carbocycles. The van der Waals surface area contributed by atoms with E-state index in [-0.39, 0.29) is 11.8 Å². The monoisotopic (exact) mass is 382 g/mol. The fourth-order valence-corrected chi connectivity index (χ4v) is 5.27. The molecule has 2 bridgehead atoms. The lowest BCUT2D eigenvalue weighted by Crippen LogP contribution is -2.58. The van der Waals surface area contributed by atoms with Gasteiger partial charge in [0.25, 0.3) is 0 Å². The van der Waals surface area contributed by atoms with Gasteiger partial charge in [-0.1, -0.05) is 18.6 Å². The average molecular weight is 383 g/mol. The molecule has 1 N–H and O–H groups in total. The van der Waals surface area contributed by atoms with Crippen LogP contribution >= 0.6 is 0 Å². The lowest BCUT2D eigenvalue weighted by molar-refractivity contribution is -0.151. The fraction of sp³-hybridized carbons (Fsp3) is 0.522. The average Bonchev–Trinajstić information content (AvgIpc) is 2.69. The summed E-state index contributed by atoms with van der Waals surface area (Å²) in [5.41, 5.74) is 2.20. The van der Waals surface area contributed by atoms with E-state index in [4.69, 9.17) is 9.47 Å². The van der Waals surface area contributed by atoms with Gasteiger partial charge in [0, 0.05) is 37.7 Å². The minimum absolute atomic E-state index is 0.189. The number of fused-ring (bicyclic) bond motifs is 2. The van der Waals surface area contributed by atoms with Crippen molar-refractivity contribution in [1.82, 2.24) is 9.88 Å². The Kier molecular flexibility index (Phi) is 5.30. The molecule has 0 amide bonds. The van der Waals surface area contributed by atoms with Crippen LogP contribution < -0.4 is 9.47 Å². The van der Waals surface area contributed by atoms with Crippen molar-refractivity contribution in [2.75, 3.05) is 27.3 Å². The molecule has 1 aliphatic heterocycles. The SMILES string of the molecule is COc1cccc(OC)c1CN1CC2CCCC(C1)C2(O)c1ncccc1C. The quantitative estimate of drug-likeness (QED) is 0.857. The van der Waals surface area contributed by atoms with Crippen LogP contribution in [-0.4, -0.2) is 42.3 Å². The number of ether oxygens (including phenoxy) is 2. The molecule has 5 heteroatoms. The number of nitrogens with zero attached hydrogens (tertiary/aromatic N) is 2. The summed E-state index contributed by atoms with van der Waals surface area (Å²) >= 11 is 0. The highest BCUT2D eigenvalue weighted by Crippen LogP contribution is 2.49. The molecule has 2 heterocycles. The van der Waals surface area contributed by atoms with Crippen LogP contribution in [0.2, 0.25) is 0 Å². The van der Waals surface area contributed by atoms with Crippen molar-refractivity contribution in [3.63, 3.8) is 0 Å². The summed E-state index contributed by atoms with van der Waals surface area (Å²) in [6, 6.07) is 9.92. The molecule has 150 valence electrons. The van der Waals surface area contributed by atoms with Gasteiger partial charge in [-0.15, -0.1) is 0 Å². The largest absolute Gasteiger partial charge is 0.496 e. The van der Waals surface area contributed by atoms with Gasteiger partial charge in [0.05, 0.1) is 25.5 Å². The van der Waals surface area contributed by atoms with E-state index in [0.717, 1.165) is 60.8 Å². The zero-order valence-corrected chi connectivity index (χ0v) is 17.0. The molecule has 4 rings (SSSR count). The number of aliphatic hydroxyl groups is 1. The number of hydrogen-bond acceptors (Lipinski definition) is 5. The molecule has 1 aromatic heterocycles. The molecule has 0 spiro atoms. The Bertz CT molecular complexity index is 802. The van der Waals surface area contributed by atoms with Crippen LogP contribution in [0.25, 0.3) is 0 Å². The maximum atomic E-state index is 11.8. The van der Waals surface area contributed by atoms with Crippen molar-refractivity contribution in [1.29, 1.82) is 0 Å². The Morgan fingerprint density at radius 1 is 1.07 bits per heavy atom. The van der Waals surface area contributed by atoms with Crippen molar-refractivity contribution in [3.8, 4) is 11.5 Å². The third-order valence-electron chi connectivity index (χ3n) is 6.61. The Morgan fingerprint density at radius 3 is 2.29 bits per heavy atom. The first-order valence-corrected chi connectivity index (χ1v) is 10.1. The zero-order chi connectivity index (χ0) is 19.7. The summed E-state index contributed by atoms with van der Waals surface area (Å²) < 4.78 is 11.2. The molecule has 1 aromatic carbocycles. The van der Waals surface area contributed by atoms with Crippen LogP contribution in [0, 0.1) is 18.8 Å². The summed E-state index contributed by atoms with van der Waals surface area (Å²) in [6.45, 7) is 4.52. The molecule has 2 aliphatic rings. The summed E-state index contributed by atoms with van der Waals surface area (Å²) in [5, 5.41) is 11.8. The predicted molar refractivity (Wildman–Crippen MR) is 109 cm³/mol. The Morgan fingerprint density at radius 2 is 1.71 bits per heavy atom. The molecule has 28 heavy (non-hydrogen) atoms. The van der Waals surface area contributed by atoms with Crippen molar-refractivity contribution in [2.45, 2.75) is 38.3 Å². The number of methoxy groups -OCH3 is 2. The molecule has 2 aromatic rings. The van der Waals surface area contributed by atoms with E-state index in [1.807, 2.05) is 30.5 Å². The van der Waals surface area contributed by atoms with Gasteiger partial charge in [-0.25, -0.2) is 0 Å². The Balaban J connectivity index is 1.62. The minimum atomic E-state index is -0.828. The van der Waals surface area contributed by atoms with E-state index in [9.17, 15) is 5.11 Å². The van der Waals surface area contributed by atoms with Crippen molar-refractivity contribution >= 4 is 0 Å². The topological polar surface area (TPSA) is 54.8 Å². The smallest absolute Gasteiger partial charge is 0.127 e. The van der Waals surface area contributed by atoms with Crippen LogP contribution in [0.1, 0.15) is 36.1 Å². The zero-order valence-electron chi connectivity index (χ0n) is 17.0. The molecule has 5 nitrogen and oxygen atoms in total.